The van der Waals surface area contributed by atoms with Gasteiger partial charge in [0.1, 0.15) is 5.75 Å². The molecule has 1 fully saturated rings. The van der Waals surface area contributed by atoms with Crippen molar-refractivity contribution < 1.29 is 17.6 Å². The van der Waals surface area contributed by atoms with Gasteiger partial charge < -0.3 is 9.15 Å². The molecule has 124 valence electrons. The molecule has 0 bridgehead atoms. The maximum atomic E-state index is 12.6. The van der Waals surface area contributed by atoms with Crippen LogP contribution in [0.5, 0.6) is 5.75 Å². The van der Waals surface area contributed by atoms with Crippen LogP contribution in [-0.4, -0.2) is 20.8 Å². The van der Waals surface area contributed by atoms with Gasteiger partial charge in [-0.1, -0.05) is 31.4 Å². The van der Waals surface area contributed by atoms with Crippen molar-refractivity contribution >= 4 is 9.84 Å². The summed E-state index contributed by atoms with van der Waals surface area (Å²) in [5.41, 5.74) is 2.60. The van der Waals surface area contributed by atoms with Crippen LogP contribution in [-0.2, 0) is 15.6 Å². The van der Waals surface area contributed by atoms with Crippen molar-refractivity contribution in [3.05, 3.63) is 42.4 Å². The largest absolute Gasteiger partial charge is 0.496 e. The lowest BCUT2D eigenvalue weighted by Gasteiger charge is -2.22. The number of hydrogen-bond donors (Lipinski definition) is 0. The Morgan fingerprint density at radius 1 is 1.17 bits per heavy atom. The van der Waals surface area contributed by atoms with Crippen molar-refractivity contribution in [3.63, 3.8) is 0 Å². The first-order valence-electron chi connectivity index (χ1n) is 8.01. The van der Waals surface area contributed by atoms with E-state index in [-0.39, 0.29) is 11.0 Å². The zero-order valence-electron chi connectivity index (χ0n) is 13.3. The van der Waals surface area contributed by atoms with E-state index >= 15 is 0 Å². The maximum Gasteiger partial charge on any atom is 0.157 e. The van der Waals surface area contributed by atoms with Crippen LogP contribution in [0.3, 0.4) is 0 Å². The Kier molecular flexibility index (Phi) is 4.76. The minimum Gasteiger partial charge on any atom is -0.496 e. The second kappa shape index (κ2) is 6.79. The second-order valence-corrected chi connectivity index (χ2v) is 8.39. The maximum absolute atomic E-state index is 12.6. The van der Waals surface area contributed by atoms with E-state index in [1.54, 1.807) is 19.6 Å². The quantitative estimate of drug-likeness (QED) is 0.822. The molecular weight excluding hydrogens is 312 g/mol. The smallest absolute Gasteiger partial charge is 0.157 e. The van der Waals surface area contributed by atoms with Crippen LogP contribution in [0.4, 0.5) is 0 Å². The van der Waals surface area contributed by atoms with Crippen molar-refractivity contribution in [1.82, 2.24) is 0 Å². The average molecular weight is 334 g/mol. The Balaban J connectivity index is 1.83. The summed E-state index contributed by atoms with van der Waals surface area (Å²) in [6, 6.07) is 7.44. The van der Waals surface area contributed by atoms with Gasteiger partial charge in [-0.25, -0.2) is 8.42 Å². The number of furan rings is 1. The van der Waals surface area contributed by atoms with Gasteiger partial charge >= 0.3 is 0 Å². The molecule has 0 atom stereocenters. The van der Waals surface area contributed by atoms with Crippen LogP contribution in [0.2, 0.25) is 0 Å². The second-order valence-electron chi connectivity index (χ2n) is 6.11. The van der Waals surface area contributed by atoms with Gasteiger partial charge in [0, 0.05) is 11.1 Å². The van der Waals surface area contributed by atoms with Crippen molar-refractivity contribution in [2.24, 2.45) is 0 Å². The molecule has 4 nitrogen and oxygen atoms in total. The first-order valence-corrected chi connectivity index (χ1v) is 9.73. The minimum atomic E-state index is -3.10. The summed E-state index contributed by atoms with van der Waals surface area (Å²) < 4.78 is 35.8. The lowest BCUT2D eigenvalue weighted by Crippen LogP contribution is -2.25. The van der Waals surface area contributed by atoms with Gasteiger partial charge in [0.2, 0.25) is 0 Å². The van der Waals surface area contributed by atoms with Gasteiger partial charge in [0.25, 0.3) is 0 Å². The molecule has 0 unspecified atom stereocenters. The predicted octanol–water partition coefficient (Wildman–Crippen LogP) is 4.20. The first-order chi connectivity index (χ1) is 11.1. The zero-order valence-corrected chi connectivity index (χ0v) is 14.1. The number of ether oxygens (including phenoxy) is 1. The molecule has 0 spiro atoms. The third kappa shape index (κ3) is 3.61. The molecule has 0 radical (unpaired) electrons. The van der Waals surface area contributed by atoms with E-state index in [0.717, 1.165) is 48.8 Å². The molecule has 3 rings (SSSR count). The molecular formula is C18H22O4S. The molecule has 0 amide bonds. The summed E-state index contributed by atoms with van der Waals surface area (Å²) in [6.07, 6.45) is 8.05. The van der Waals surface area contributed by atoms with Crippen LogP contribution < -0.4 is 4.74 Å². The van der Waals surface area contributed by atoms with Gasteiger partial charge in [0.05, 0.1) is 30.6 Å². The molecule has 1 saturated carbocycles. The lowest BCUT2D eigenvalue weighted by atomic mass is 10.0. The SMILES string of the molecule is COc1cc(CS(=O)(=O)C2CCCCC2)ccc1-c1ccoc1. The van der Waals surface area contributed by atoms with E-state index in [9.17, 15) is 8.42 Å². The Morgan fingerprint density at radius 2 is 1.96 bits per heavy atom. The molecule has 1 aromatic heterocycles. The molecule has 2 aromatic rings. The van der Waals surface area contributed by atoms with Gasteiger partial charge in [-0.2, -0.15) is 0 Å². The highest BCUT2D eigenvalue weighted by Gasteiger charge is 2.27. The summed E-state index contributed by atoms with van der Waals surface area (Å²) in [5, 5.41) is -0.184. The fourth-order valence-electron chi connectivity index (χ4n) is 3.26. The Morgan fingerprint density at radius 3 is 2.61 bits per heavy atom. The fraction of sp³-hybridized carbons (Fsp3) is 0.444. The van der Waals surface area contributed by atoms with E-state index in [1.165, 1.54) is 0 Å². The van der Waals surface area contributed by atoms with Gasteiger partial charge in [-0.15, -0.1) is 0 Å². The fourth-order valence-corrected chi connectivity index (χ4v) is 5.19. The molecule has 1 heterocycles. The molecule has 5 heteroatoms. The highest BCUT2D eigenvalue weighted by atomic mass is 32.2. The Hall–Kier alpha value is -1.75. The van der Waals surface area contributed by atoms with Gasteiger partial charge in [-0.05, 0) is 30.5 Å². The molecule has 1 aliphatic rings. The topological polar surface area (TPSA) is 56.5 Å². The van der Waals surface area contributed by atoms with Crippen molar-refractivity contribution in [2.45, 2.75) is 43.1 Å². The minimum absolute atomic E-state index is 0.0830. The molecule has 0 saturated heterocycles. The summed E-state index contributed by atoms with van der Waals surface area (Å²) in [5.74, 6) is 0.752. The normalized spacial score (nSPS) is 16.4. The number of benzene rings is 1. The molecule has 23 heavy (non-hydrogen) atoms. The van der Waals surface area contributed by atoms with Gasteiger partial charge in [-0.3, -0.25) is 0 Å². The van der Waals surface area contributed by atoms with E-state index in [4.69, 9.17) is 9.15 Å². The van der Waals surface area contributed by atoms with Crippen LogP contribution in [0.1, 0.15) is 37.7 Å². The van der Waals surface area contributed by atoms with Gasteiger partial charge in [0.15, 0.2) is 9.84 Å². The average Bonchev–Trinajstić information content (AvgIpc) is 3.09. The number of hydrogen-bond acceptors (Lipinski definition) is 4. The van der Waals surface area contributed by atoms with E-state index in [2.05, 4.69) is 0 Å². The van der Waals surface area contributed by atoms with Crippen LogP contribution in [0, 0.1) is 0 Å². The highest BCUT2D eigenvalue weighted by molar-refractivity contribution is 7.91. The molecule has 0 N–H and O–H groups in total. The number of rotatable bonds is 5. The number of methoxy groups -OCH3 is 1. The monoisotopic (exact) mass is 334 g/mol. The Bertz CT molecular complexity index is 741. The number of sulfone groups is 1. The Labute approximate surface area is 137 Å². The standard InChI is InChI=1S/C18H22O4S/c1-21-18-11-14(7-8-17(18)15-9-10-22-12-15)13-23(19,20)16-5-3-2-4-6-16/h7-12,16H,2-6,13H2,1H3. The third-order valence-electron chi connectivity index (χ3n) is 4.53. The summed E-state index contributed by atoms with van der Waals surface area (Å²) >= 11 is 0. The zero-order chi connectivity index (χ0) is 16.3. The lowest BCUT2D eigenvalue weighted by molar-refractivity contribution is 0.416. The third-order valence-corrected chi connectivity index (χ3v) is 6.75. The van der Waals surface area contributed by atoms with E-state index in [0.29, 0.717) is 5.75 Å². The van der Waals surface area contributed by atoms with Crippen LogP contribution in [0.25, 0.3) is 11.1 Å². The summed E-state index contributed by atoms with van der Waals surface area (Å²) in [4.78, 5) is 0. The van der Waals surface area contributed by atoms with Crippen LogP contribution in [0.15, 0.2) is 41.2 Å². The predicted molar refractivity (Wildman–Crippen MR) is 90.2 cm³/mol. The first kappa shape index (κ1) is 16.1. The summed E-state index contributed by atoms with van der Waals surface area (Å²) in [6.45, 7) is 0. The molecule has 1 aliphatic carbocycles. The van der Waals surface area contributed by atoms with Crippen LogP contribution >= 0.6 is 0 Å². The van der Waals surface area contributed by atoms with Crippen molar-refractivity contribution in [3.8, 4) is 16.9 Å². The summed E-state index contributed by atoms with van der Waals surface area (Å²) in [7, 11) is -1.51. The highest BCUT2D eigenvalue weighted by Crippen LogP contribution is 2.33. The molecule has 1 aromatic carbocycles. The van der Waals surface area contributed by atoms with Crippen molar-refractivity contribution in [1.29, 1.82) is 0 Å². The van der Waals surface area contributed by atoms with Crippen molar-refractivity contribution in [2.75, 3.05) is 7.11 Å². The van der Waals surface area contributed by atoms with E-state index < -0.39 is 9.84 Å². The van der Waals surface area contributed by atoms with E-state index in [1.807, 2.05) is 24.3 Å². The molecule has 0 aliphatic heterocycles.